The highest BCUT2D eigenvalue weighted by atomic mass is 19.4. The number of H-pyrrole nitrogens is 1. The van der Waals surface area contributed by atoms with Crippen molar-refractivity contribution in [2.75, 3.05) is 6.61 Å². The Bertz CT molecular complexity index is 661. The first kappa shape index (κ1) is 15.1. The normalized spacial score (nSPS) is 11.5. The Hall–Kier alpha value is -2.31. The fourth-order valence-electron chi connectivity index (χ4n) is 1.89. The van der Waals surface area contributed by atoms with E-state index in [0.717, 1.165) is 6.07 Å². The lowest BCUT2D eigenvalue weighted by molar-refractivity contribution is -0.139. The Morgan fingerprint density at radius 3 is 2.62 bits per heavy atom. The van der Waals surface area contributed by atoms with Crippen LogP contribution in [0.3, 0.4) is 0 Å². The molecule has 0 spiro atoms. The third-order valence-corrected chi connectivity index (χ3v) is 2.81. The molecule has 0 atom stereocenters. The van der Waals surface area contributed by atoms with Gasteiger partial charge in [0.15, 0.2) is 0 Å². The number of aromatic nitrogens is 1. The first-order chi connectivity index (χ1) is 9.84. The van der Waals surface area contributed by atoms with E-state index >= 15 is 0 Å². The number of alkyl halides is 3. The second kappa shape index (κ2) is 5.59. The van der Waals surface area contributed by atoms with E-state index in [1.807, 2.05) is 0 Å². The van der Waals surface area contributed by atoms with Crippen molar-refractivity contribution in [3.8, 4) is 11.1 Å². The van der Waals surface area contributed by atoms with E-state index in [9.17, 15) is 22.4 Å². The van der Waals surface area contributed by atoms with Gasteiger partial charge in [-0.1, -0.05) is 6.07 Å². The number of benzene rings is 1. The maximum atomic E-state index is 13.3. The quantitative estimate of drug-likeness (QED) is 0.687. The van der Waals surface area contributed by atoms with Crippen LogP contribution in [0.4, 0.5) is 17.6 Å². The number of carbonyl (C=O) groups excluding carboxylic acids is 1. The summed E-state index contributed by atoms with van der Waals surface area (Å²) in [5, 5.41) is 0. The molecule has 0 aliphatic heterocycles. The number of ether oxygens (including phenoxy) is 1. The number of esters is 1. The minimum Gasteiger partial charge on any atom is -0.461 e. The second-order valence-corrected chi connectivity index (χ2v) is 4.18. The summed E-state index contributed by atoms with van der Waals surface area (Å²) >= 11 is 0. The number of nitrogens with one attached hydrogen (secondary N) is 1. The maximum absolute atomic E-state index is 13.3. The first-order valence-corrected chi connectivity index (χ1v) is 6.06. The van der Waals surface area contributed by atoms with Gasteiger partial charge in [-0.3, -0.25) is 0 Å². The van der Waals surface area contributed by atoms with Crippen LogP contribution in [-0.2, 0) is 10.9 Å². The molecule has 1 aromatic carbocycles. The molecule has 0 aliphatic carbocycles. The third-order valence-electron chi connectivity index (χ3n) is 2.81. The smallest absolute Gasteiger partial charge is 0.419 e. The standard InChI is InChI=1S/C14H11F4NO2/c1-2-21-13(20)12-9(5-6-19-12)8-3-4-11(15)10(7-8)14(16,17)18/h3-7,19H,2H2,1H3. The van der Waals surface area contributed by atoms with E-state index in [0.29, 0.717) is 6.07 Å². The lowest BCUT2D eigenvalue weighted by Gasteiger charge is -2.10. The van der Waals surface area contributed by atoms with Crippen LogP contribution in [0.2, 0.25) is 0 Å². The minimum atomic E-state index is -4.81. The SMILES string of the molecule is CCOC(=O)c1[nH]ccc1-c1ccc(F)c(C(F)(F)F)c1. The van der Waals surface area contributed by atoms with Gasteiger partial charge < -0.3 is 9.72 Å². The van der Waals surface area contributed by atoms with E-state index < -0.39 is 23.5 Å². The van der Waals surface area contributed by atoms with Crippen LogP contribution in [0.5, 0.6) is 0 Å². The van der Waals surface area contributed by atoms with E-state index in [2.05, 4.69) is 4.98 Å². The van der Waals surface area contributed by atoms with Gasteiger partial charge in [0, 0.05) is 11.8 Å². The molecule has 1 heterocycles. The molecule has 0 fully saturated rings. The van der Waals surface area contributed by atoms with Crippen LogP contribution >= 0.6 is 0 Å². The fraction of sp³-hybridized carbons (Fsp3) is 0.214. The Balaban J connectivity index is 2.49. The number of hydrogen-bond donors (Lipinski definition) is 1. The zero-order chi connectivity index (χ0) is 15.6. The highest BCUT2D eigenvalue weighted by molar-refractivity contribution is 5.95. The van der Waals surface area contributed by atoms with Crippen LogP contribution in [0.25, 0.3) is 11.1 Å². The summed E-state index contributed by atoms with van der Waals surface area (Å²) in [5.74, 6) is -2.05. The van der Waals surface area contributed by atoms with Gasteiger partial charge in [0.1, 0.15) is 11.5 Å². The first-order valence-electron chi connectivity index (χ1n) is 6.06. The molecule has 0 saturated heterocycles. The van der Waals surface area contributed by atoms with Gasteiger partial charge in [-0.2, -0.15) is 13.2 Å². The van der Waals surface area contributed by atoms with Gasteiger partial charge in [-0.05, 0) is 30.7 Å². The van der Waals surface area contributed by atoms with Crippen molar-refractivity contribution in [3.63, 3.8) is 0 Å². The van der Waals surface area contributed by atoms with Gasteiger partial charge in [-0.15, -0.1) is 0 Å². The summed E-state index contributed by atoms with van der Waals surface area (Å²) < 4.78 is 56.2. The zero-order valence-corrected chi connectivity index (χ0v) is 10.9. The van der Waals surface area contributed by atoms with Gasteiger partial charge in [0.2, 0.25) is 0 Å². The Labute approximate surface area is 117 Å². The summed E-state index contributed by atoms with van der Waals surface area (Å²) in [6.07, 6.45) is -3.40. The average molecular weight is 301 g/mol. The predicted molar refractivity (Wildman–Crippen MR) is 67.1 cm³/mol. The summed E-state index contributed by atoms with van der Waals surface area (Å²) in [4.78, 5) is 14.3. The molecule has 1 N–H and O–H groups in total. The van der Waals surface area contributed by atoms with Crippen molar-refractivity contribution in [2.24, 2.45) is 0 Å². The lowest BCUT2D eigenvalue weighted by atomic mass is 10.0. The van der Waals surface area contributed by atoms with Crippen LogP contribution in [0.15, 0.2) is 30.5 Å². The summed E-state index contributed by atoms with van der Waals surface area (Å²) in [5.41, 5.74) is -1.06. The molecule has 112 valence electrons. The van der Waals surface area contributed by atoms with Crippen LogP contribution in [0, 0.1) is 5.82 Å². The number of hydrogen-bond acceptors (Lipinski definition) is 2. The van der Waals surface area contributed by atoms with Crippen LogP contribution in [-0.4, -0.2) is 17.6 Å². The fourth-order valence-corrected chi connectivity index (χ4v) is 1.89. The van der Waals surface area contributed by atoms with Crippen LogP contribution in [0.1, 0.15) is 23.0 Å². The molecule has 0 unspecified atom stereocenters. The number of aromatic amines is 1. The highest BCUT2D eigenvalue weighted by Gasteiger charge is 2.34. The Morgan fingerprint density at radius 2 is 2.00 bits per heavy atom. The third kappa shape index (κ3) is 3.07. The highest BCUT2D eigenvalue weighted by Crippen LogP contribution is 2.35. The van der Waals surface area contributed by atoms with Gasteiger partial charge >= 0.3 is 12.1 Å². The summed E-state index contributed by atoms with van der Waals surface area (Å²) in [6, 6.07) is 4.00. The van der Waals surface area contributed by atoms with Crippen molar-refractivity contribution in [2.45, 2.75) is 13.1 Å². The lowest BCUT2D eigenvalue weighted by Crippen LogP contribution is -2.09. The topological polar surface area (TPSA) is 42.1 Å². The monoisotopic (exact) mass is 301 g/mol. The molecule has 0 amide bonds. The zero-order valence-electron chi connectivity index (χ0n) is 10.9. The number of rotatable bonds is 3. The molecule has 1 aromatic heterocycles. The molecule has 0 bridgehead atoms. The van der Waals surface area contributed by atoms with Crippen molar-refractivity contribution in [3.05, 3.63) is 47.5 Å². The van der Waals surface area contributed by atoms with E-state index in [1.165, 1.54) is 18.3 Å². The molecule has 2 rings (SSSR count). The van der Waals surface area contributed by atoms with Gasteiger partial charge in [-0.25, -0.2) is 9.18 Å². The second-order valence-electron chi connectivity index (χ2n) is 4.18. The van der Waals surface area contributed by atoms with E-state index in [1.54, 1.807) is 6.92 Å². The maximum Gasteiger partial charge on any atom is 0.419 e. The van der Waals surface area contributed by atoms with Crippen LogP contribution < -0.4 is 0 Å². The summed E-state index contributed by atoms with van der Waals surface area (Å²) in [6.45, 7) is 1.74. The minimum absolute atomic E-state index is 0.0246. The molecular weight excluding hydrogens is 290 g/mol. The van der Waals surface area contributed by atoms with Crippen molar-refractivity contribution >= 4 is 5.97 Å². The predicted octanol–water partition coefficient (Wildman–Crippen LogP) is 4.02. The molecule has 2 aromatic rings. The largest absolute Gasteiger partial charge is 0.461 e. The molecule has 0 aliphatic rings. The molecule has 7 heteroatoms. The Morgan fingerprint density at radius 1 is 1.29 bits per heavy atom. The number of halogens is 4. The van der Waals surface area contributed by atoms with Crippen molar-refractivity contribution < 1.29 is 27.1 Å². The van der Waals surface area contributed by atoms with Crippen molar-refractivity contribution in [1.29, 1.82) is 0 Å². The number of carbonyl (C=O) groups is 1. The molecule has 0 radical (unpaired) electrons. The molecule has 0 saturated carbocycles. The van der Waals surface area contributed by atoms with Gasteiger partial charge in [0.25, 0.3) is 0 Å². The molecule has 21 heavy (non-hydrogen) atoms. The average Bonchev–Trinajstić information content (AvgIpc) is 2.87. The van der Waals surface area contributed by atoms with Gasteiger partial charge in [0.05, 0.1) is 12.2 Å². The molecular formula is C14H11F4NO2. The summed E-state index contributed by atoms with van der Waals surface area (Å²) in [7, 11) is 0. The Kier molecular flexibility index (Phi) is 4.02. The molecule has 3 nitrogen and oxygen atoms in total. The van der Waals surface area contributed by atoms with Crippen molar-refractivity contribution in [1.82, 2.24) is 4.98 Å². The van der Waals surface area contributed by atoms with E-state index in [-0.39, 0.29) is 23.4 Å². The van der Waals surface area contributed by atoms with E-state index in [4.69, 9.17) is 4.74 Å².